The topological polar surface area (TPSA) is 56.5 Å². The zero-order valence-corrected chi connectivity index (χ0v) is 8.21. The fourth-order valence-corrected chi connectivity index (χ4v) is 1.61. The smallest absolute Gasteiger partial charge is 0.379 e. The number of methoxy groups -OCH3 is 1. The van der Waals surface area contributed by atoms with Crippen LogP contribution in [0.25, 0.3) is 10.4 Å². The van der Waals surface area contributed by atoms with Crippen molar-refractivity contribution in [1.82, 2.24) is 4.55 Å². The van der Waals surface area contributed by atoms with E-state index in [4.69, 9.17) is 4.74 Å². The summed E-state index contributed by atoms with van der Waals surface area (Å²) in [6.07, 6.45) is 0. The van der Waals surface area contributed by atoms with Crippen LogP contribution in [-0.4, -0.2) is 11.7 Å². The van der Waals surface area contributed by atoms with Crippen molar-refractivity contribution in [3.05, 3.63) is 24.3 Å². The number of ether oxygens (including phenoxy) is 1. The molecule has 0 aliphatic carbocycles. The Hall–Kier alpha value is -1.62. The Kier molecular flexibility index (Phi) is 2.32. The molecule has 0 aliphatic heterocycles. The van der Waals surface area contributed by atoms with E-state index in [1.165, 1.54) is 0 Å². The van der Waals surface area contributed by atoms with E-state index < -0.39 is 5.95 Å². The van der Waals surface area contributed by atoms with Crippen LogP contribution in [0, 0.1) is 0 Å². The van der Waals surface area contributed by atoms with Crippen molar-refractivity contribution < 1.29 is 14.4 Å². The third kappa shape index (κ3) is 1.54. The average molecular weight is 209 g/mol. The average Bonchev–Trinajstić information content (AvgIpc) is 2.65. The Morgan fingerprint density at radius 2 is 2.07 bits per heavy atom. The van der Waals surface area contributed by atoms with Gasteiger partial charge in [-0.3, -0.25) is 0 Å². The quantitative estimate of drug-likeness (QED) is 0.707. The molecular weight excluding hydrogens is 202 g/mol. The molecule has 1 aromatic carbocycles. The van der Waals surface area contributed by atoms with Gasteiger partial charge in [-0.25, -0.2) is 5.11 Å². The first-order valence-corrected chi connectivity index (χ1v) is 4.68. The van der Waals surface area contributed by atoms with Crippen molar-refractivity contribution in [2.24, 2.45) is 0 Å². The maximum absolute atomic E-state index is 11.1. The summed E-state index contributed by atoms with van der Waals surface area (Å²) in [5, 5.41) is 11.1. The predicted molar refractivity (Wildman–Crippen MR) is 50.2 cm³/mol. The van der Waals surface area contributed by atoms with Gasteiger partial charge in [0.25, 0.3) is 0 Å². The second kappa shape index (κ2) is 3.63. The van der Waals surface area contributed by atoms with Crippen LogP contribution >= 0.6 is 11.5 Å². The fraction of sp³-hybridized carbons (Fsp3) is 0.111. The summed E-state index contributed by atoms with van der Waals surface area (Å²) in [5.74, 6) is 0.350. The van der Waals surface area contributed by atoms with Crippen LogP contribution in [0.3, 0.4) is 0 Å². The molecule has 72 valence electrons. The minimum Gasteiger partial charge on any atom is -0.497 e. The molecule has 5 heteroatoms. The summed E-state index contributed by atoms with van der Waals surface area (Å²) < 4.78 is 12.9. The maximum atomic E-state index is 11.1. The molecule has 2 aromatic rings. The van der Waals surface area contributed by atoms with Crippen molar-refractivity contribution in [1.29, 1.82) is 0 Å². The zero-order valence-electron chi connectivity index (χ0n) is 7.39. The van der Waals surface area contributed by atoms with Crippen LogP contribution in [0.5, 0.6) is 11.7 Å². The Labute approximate surface area is 84.5 Å². The van der Waals surface area contributed by atoms with Gasteiger partial charge in [-0.05, 0) is 28.8 Å². The van der Waals surface area contributed by atoms with Crippen molar-refractivity contribution in [3.8, 4) is 22.1 Å². The third-order valence-electron chi connectivity index (χ3n) is 1.79. The summed E-state index contributed by atoms with van der Waals surface area (Å²) >= 11 is 1.05. The van der Waals surface area contributed by atoms with E-state index in [-0.39, 0.29) is 0 Å². The lowest BCUT2D eigenvalue weighted by molar-refractivity contribution is -0.296. The highest BCUT2D eigenvalue weighted by atomic mass is 32.1. The van der Waals surface area contributed by atoms with Gasteiger partial charge in [0.2, 0.25) is 0 Å². The second-order valence-electron chi connectivity index (χ2n) is 2.60. The zero-order chi connectivity index (χ0) is 9.97. The summed E-state index contributed by atoms with van der Waals surface area (Å²) in [5.41, 5.74) is 0.794. The van der Waals surface area contributed by atoms with Crippen LogP contribution in [0.1, 0.15) is 0 Å². The molecule has 4 nitrogen and oxygen atoms in total. The number of aromatic nitrogens is 1. The van der Waals surface area contributed by atoms with Crippen LogP contribution in [0.2, 0.25) is 0 Å². The van der Waals surface area contributed by atoms with Crippen LogP contribution in [0.15, 0.2) is 28.8 Å². The van der Waals surface area contributed by atoms with Crippen LogP contribution < -0.4 is 9.84 Å². The highest BCUT2D eigenvalue weighted by Gasteiger charge is 2.11. The van der Waals surface area contributed by atoms with E-state index in [0.717, 1.165) is 22.8 Å². The summed E-state index contributed by atoms with van der Waals surface area (Å²) in [6.45, 7) is 0. The minimum absolute atomic E-state index is 0.403. The summed E-state index contributed by atoms with van der Waals surface area (Å²) in [4.78, 5) is 0.507. The van der Waals surface area contributed by atoms with E-state index in [0.29, 0.717) is 4.88 Å². The first kappa shape index (κ1) is 8.96. The number of hydrogen-bond acceptors (Lipinski definition) is 4. The SMILES string of the molecule is COc1ccc(-c2sn[o+]c2[O-])cc1. The molecule has 0 bridgehead atoms. The molecule has 0 saturated carbocycles. The van der Waals surface area contributed by atoms with Gasteiger partial charge in [-0.15, -0.1) is 0 Å². The molecule has 0 atom stereocenters. The molecule has 0 aliphatic rings. The largest absolute Gasteiger partial charge is 0.497 e. The Bertz CT molecular complexity index is 424. The van der Waals surface area contributed by atoms with E-state index in [2.05, 4.69) is 9.07 Å². The van der Waals surface area contributed by atoms with Gasteiger partial charge in [0.05, 0.1) is 7.11 Å². The van der Waals surface area contributed by atoms with Crippen molar-refractivity contribution in [2.75, 3.05) is 7.11 Å². The van der Waals surface area contributed by atoms with Gasteiger partial charge in [0.15, 0.2) is 0 Å². The van der Waals surface area contributed by atoms with Gasteiger partial charge < -0.3 is 9.26 Å². The monoisotopic (exact) mass is 209 g/mol. The Morgan fingerprint density at radius 3 is 2.57 bits per heavy atom. The van der Waals surface area contributed by atoms with Crippen LogP contribution in [0.4, 0.5) is 0 Å². The van der Waals surface area contributed by atoms with E-state index in [9.17, 15) is 5.11 Å². The number of nitrogens with zero attached hydrogens (tertiary/aromatic N) is 1. The molecule has 0 N–H and O–H groups in total. The molecule has 0 amide bonds. The highest BCUT2D eigenvalue weighted by Crippen LogP contribution is 2.31. The number of hydrogen-bond donors (Lipinski definition) is 0. The number of rotatable bonds is 2. The molecule has 0 fully saturated rings. The second-order valence-corrected chi connectivity index (χ2v) is 3.34. The van der Waals surface area contributed by atoms with Gasteiger partial charge >= 0.3 is 5.95 Å². The Morgan fingerprint density at radius 1 is 1.36 bits per heavy atom. The van der Waals surface area contributed by atoms with Gasteiger partial charge in [-0.1, -0.05) is 0 Å². The normalized spacial score (nSPS) is 10.1. The lowest BCUT2D eigenvalue weighted by Gasteiger charge is -1.99. The molecule has 1 heterocycles. The number of benzene rings is 1. The van der Waals surface area contributed by atoms with Gasteiger partial charge in [0.1, 0.15) is 10.6 Å². The molecule has 0 radical (unpaired) electrons. The lowest BCUT2D eigenvalue weighted by atomic mass is 10.2. The molecule has 0 unspecified atom stereocenters. The van der Waals surface area contributed by atoms with E-state index >= 15 is 0 Å². The minimum atomic E-state index is -0.403. The standard InChI is InChI=1S/C9H7NO3S/c1-12-7-4-2-6(3-5-7)8-9(11)13-10-14-8/h2-5H,1H3. The third-order valence-corrected chi connectivity index (χ3v) is 2.52. The van der Waals surface area contributed by atoms with Gasteiger partial charge in [0, 0.05) is 17.1 Å². The maximum Gasteiger partial charge on any atom is 0.379 e. The predicted octanol–water partition coefficient (Wildman–Crippen LogP) is 1.77. The lowest BCUT2D eigenvalue weighted by Crippen LogP contribution is -1.88. The van der Waals surface area contributed by atoms with Crippen LogP contribution in [-0.2, 0) is 0 Å². The summed E-state index contributed by atoms with van der Waals surface area (Å²) in [6, 6.07) is 7.16. The molecule has 14 heavy (non-hydrogen) atoms. The van der Waals surface area contributed by atoms with Gasteiger partial charge in [-0.2, -0.15) is 0 Å². The summed E-state index contributed by atoms with van der Waals surface area (Å²) in [7, 11) is 1.59. The molecular formula is C9H7NO3S. The molecule has 0 saturated heterocycles. The fourth-order valence-electron chi connectivity index (χ4n) is 1.08. The highest BCUT2D eigenvalue weighted by molar-refractivity contribution is 7.09. The molecule has 2 rings (SSSR count). The van der Waals surface area contributed by atoms with E-state index in [1.807, 2.05) is 0 Å². The van der Waals surface area contributed by atoms with Crippen molar-refractivity contribution in [3.63, 3.8) is 0 Å². The molecule has 1 aromatic heterocycles. The molecule has 0 spiro atoms. The van der Waals surface area contributed by atoms with E-state index in [1.54, 1.807) is 31.4 Å². The first-order chi connectivity index (χ1) is 6.81. The van der Waals surface area contributed by atoms with Crippen molar-refractivity contribution in [2.45, 2.75) is 0 Å². The Balaban J connectivity index is 2.39. The first-order valence-electron chi connectivity index (χ1n) is 3.91. The van der Waals surface area contributed by atoms with Crippen molar-refractivity contribution >= 4 is 11.5 Å².